The van der Waals surface area contributed by atoms with Gasteiger partial charge in [0.25, 0.3) is 0 Å². The summed E-state index contributed by atoms with van der Waals surface area (Å²) in [7, 11) is 1.33. The summed E-state index contributed by atoms with van der Waals surface area (Å²) in [5.74, 6) is -0.588. The largest absolute Gasteiger partial charge is 0.464 e. The van der Waals surface area contributed by atoms with Gasteiger partial charge in [-0.25, -0.2) is 4.79 Å². The molecule has 0 spiro atoms. The van der Waals surface area contributed by atoms with Gasteiger partial charge in [-0.15, -0.1) is 0 Å². The van der Waals surface area contributed by atoms with Crippen LogP contribution in [-0.2, 0) is 9.53 Å². The molecule has 6 nitrogen and oxygen atoms in total. The number of anilines is 1. The first kappa shape index (κ1) is 18.0. The molecule has 1 amide bonds. The third-order valence-electron chi connectivity index (χ3n) is 4.31. The highest BCUT2D eigenvalue weighted by molar-refractivity contribution is 6.11. The highest BCUT2D eigenvalue weighted by Gasteiger charge is 2.20. The van der Waals surface area contributed by atoms with E-state index in [0.717, 1.165) is 36.1 Å². The van der Waals surface area contributed by atoms with Gasteiger partial charge in [-0.2, -0.15) is 0 Å². The maximum Gasteiger partial charge on any atom is 0.356 e. The van der Waals surface area contributed by atoms with Gasteiger partial charge >= 0.3 is 5.97 Å². The molecule has 2 rings (SSSR count). The number of aryl methyl sites for hydroxylation is 1. The SMILES string of the molecule is CC[NH+](CC)CCC(=O)Nc1c(C(=O)OC)[nH]c2ccc(C)cc12. The zero-order valence-corrected chi connectivity index (χ0v) is 14.8. The van der Waals surface area contributed by atoms with Crippen LogP contribution in [0.15, 0.2) is 18.2 Å². The minimum atomic E-state index is -0.492. The average molecular weight is 332 g/mol. The zero-order chi connectivity index (χ0) is 17.7. The number of aromatic nitrogens is 1. The Morgan fingerprint density at radius 3 is 2.58 bits per heavy atom. The Labute approximate surface area is 142 Å². The summed E-state index contributed by atoms with van der Waals surface area (Å²) in [6, 6.07) is 5.80. The topological polar surface area (TPSA) is 75.6 Å². The van der Waals surface area contributed by atoms with Crippen molar-refractivity contribution >= 4 is 28.5 Å². The Balaban J connectivity index is 2.27. The second kappa shape index (κ2) is 7.97. The van der Waals surface area contributed by atoms with Crippen LogP contribution < -0.4 is 10.2 Å². The number of carbonyl (C=O) groups is 2. The molecule has 0 fully saturated rings. The first-order valence-electron chi connectivity index (χ1n) is 8.34. The van der Waals surface area contributed by atoms with Gasteiger partial charge in [0.05, 0.1) is 38.9 Å². The van der Waals surface area contributed by atoms with Crippen molar-refractivity contribution in [1.29, 1.82) is 0 Å². The number of amides is 1. The molecule has 2 aromatic rings. The van der Waals surface area contributed by atoms with Crippen molar-refractivity contribution in [1.82, 2.24) is 4.98 Å². The number of nitrogens with one attached hydrogen (secondary N) is 3. The Kier molecular flexibility index (Phi) is 5.98. The van der Waals surface area contributed by atoms with Crippen molar-refractivity contribution < 1.29 is 19.2 Å². The molecular weight excluding hydrogens is 306 g/mol. The summed E-state index contributed by atoms with van der Waals surface area (Å²) < 4.78 is 4.83. The molecule has 1 heterocycles. The summed E-state index contributed by atoms with van der Waals surface area (Å²) in [5, 5.41) is 3.71. The van der Waals surface area contributed by atoms with E-state index in [1.807, 2.05) is 25.1 Å². The van der Waals surface area contributed by atoms with Gasteiger partial charge in [-0.1, -0.05) is 11.6 Å². The monoisotopic (exact) mass is 332 g/mol. The number of carbonyl (C=O) groups excluding carboxylic acids is 2. The number of aromatic amines is 1. The first-order valence-corrected chi connectivity index (χ1v) is 8.34. The molecule has 0 saturated heterocycles. The van der Waals surface area contributed by atoms with E-state index in [1.165, 1.54) is 12.0 Å². The van der Waals surface area contributed by atoms with E-state index in [2.05, 4.69) is 24.1 Å². The lowest BCUT2D eigenvalue weighted by Crippen LogP contribution is -3.11. The lowest BCUT2D eigenvalue weighted by atomic mass is 10.1. The van der Waals surface area contributed by atoms with E-state index in [0.29, 0.717) is 12.1 Å². The summed E-state index contributed by atoms with van der Waals surface area (Å²) >= 11 is 0. The predicted octanol–water partition coefficient (Wildman–Crippen LogP) is 1.52. The molecule has 0 aliphatic rings. The first-order chi connectivity index (χ1) is 11.5. The second-order valence-corrected chi connectivity index (χ2v) is 5.92. The van der Waals surface area contributed by atoms with Crippen LogP contribution in [0.2, 0.25) is 0 Å². The van der Waals surface area contributed by atoms with Crippen LogP contribution in [0.25, 0.3) is 10.9 Å². The molecule has 0 aliphatic heterocycles. The number of benzene rings is 1. The quantitative estimate of drug-likeness (QED) is 0.673. The standard InChI is InChI=1S/C18H25N3O3/c1-5-21(6-2)10-9-15(22)20-16-13-11-12(3)7-8-14(13)19-17(16)18(23)24-4/h7-8,11,19H,5-6,9-10H2,1-4H3,(H,20,22)/p+1. The summed E-state index contributed by atoms with van der Waals surface area (Å²) in [6.45, 7) is 8.93. The lowest BCUT2D eigenvalue weighted by Gasteiger charge is -2.15. The Morgan fingerprint density at radius 2 is 1.96 bits per heavy atom. The van der Waals surface area contributed by atoms with Crippen molar-refractivity contribution in [3.63, 3.8) is 0 Å². The molecule has 6 heteroatoms. The Morgan fingerprint density at radius 1 is 1.25 bits per heavy atom. The van der Waals surface area contributed by atoms with Crippen LogP contribution in [0, 0.1) is 6.92 Å². The summed E-state index contributed by atoms with van der Waals surface area (Å²) in [4.78, 5) is 28.8. The predicted molar refractivity (Wildman–Crippen MR) is 94.5 cm³/mol. The molecule has 1 aromatic heterocycles. The number of hydrogen-bond donors (Lipinski definition) is 3. The van der Waals surface area contributed by atoms with Crippen LogP contribution in [0.3, 0.4) is 0 Å². The summed E-state index contributed by atoms with van der Waals surface area (Å²) in [6.07, 6.45) is 0.413. The highest BCUT2D eigenvalue weighted by atomic mass is 16.5. The van der Waals surface area contributed by atoms with Crippen molar-refractivity contribution in [2.75, 3.05) is 32.1 Å². The van der Waals surface area contributed by atoms with E-state index in [4.69, 9.17) is 4.74 Å². The van der Waals surface area contributed by atoms with E-state index >= 15 is 0 Å². The molecule has 0 saturated carbocycles. The lowest BCUT2D eigenvalue weighted by molar-refractivity contribution is -0.895. The average Bonchev–Trinajstić information content (AvgIpc) is 2.93. The van der Waals surface area contributed by atoms with Gasteiger partial charge in [-0.05, 0) is 32.9 Å². The van der Waals surface area contributed by atoms with Gasteiger partial charge < -0.3 is 19.9 Å². The third kappa shape index (κ3) is 3.94. The van der Waals surface area contributed by atoms with Crippen LogP contribution in [0.1, 0.15) is 36.3 Å². The fourth-order valence-electron chi connectivity index (χ4n) is 2.79. The second-order valence-electron chi connectivity index (χ2n) is 5.92. The van der Waals surface area contributed by atoms with Gasteiger partial charge in [0.1, 0.15) is 5.69 Å². The van der Waals surface area contributed by atoms with Gasteiger partial charge in [0, 0.05) is 10.9 Å². The maximum atomic E-state index is 12.3. The van der Waals surface area contributed by atoms with Crippen molar-refractivity contribution in [3.05, 3.63) is 29.5 Å². The number of H-pyrrole nitrogens is 1. The summed E-state index contributed by atoms with van der Waals surface area (Å²) in [5.41, 5.74) is 2.63. The molecule has 24 heavy (non-hydrogen) atoms. The maximum absolute atomic E-state index is 12.3. The van der Waals surface area contributed by atoms with Crippen LogP contribution in [-0.4, -0.2) is 43.6 Å². The molecule has 0 bridgehead atoms. The van der Waals surface area contributed by atoms with Crippen LogP contribution in [0.4, 0.5) is 5.69 Å². The Bertz CT molecular complexity index is 732. The van der Waals surface area contributed by atoms with Gasteiger partial charge in [0.15, 0.2) is 0 Å². The number of quaternary nitrogens is 1. The molecular formula is C18H26N3O3+. The van der Waals surface area contributed by atoms with Crippen molar-refractivity contribution in [2.45, 2.75) is 27.2 Å². The fraction of sp³-hybridized carbons (Fsp3) is 0.444. The van der Waals surface area contributed by atoms with E-state index in [9.17, 15) is 9.59 Å². The molecule has 1 aromatic carbocycles. The number of methoxy groups -OCH3 is 1. The number of esters is 1. The Hall–Kier alpha value is -2.34. The van der Waals surface area contributed by atoms with Crippen molar-refractivity contribution in [3.8, 4) is 0 Å². The molecule has 0 unspecified atom stereocenters. The van der Waals surface area contributed by atoms with Crippen LogP contribution in [0.5, 0.6) is 0 Å². The number of rotatable bonds is 7. The number of hydrogen-bond acceptors (Lipinski definition) is 3. The highest BCUT2D eigenvalue weighted by Crippen LogP contribution is 2.29. The molecule has 0 radical (unpaired) electrons. The molecule has 3 N–H and O–H groups in total. The fourth-order valence-corrected chi connectivity index (χ4v) is 2.79. The molecule has 130 valence electrons. The zero-order valence-electron chi connectivity index (χ0n) is 14.8. The normalized spacial score (nSPS) is 11.0. The number of ether oxygens (including phenoxy) is 1. The minimum absolute atomic E-state index is 0.0954. The molecule has 0 atom stereocenters. The van der Waals surface area contributed by atoms with E-state index in [-0.39, 0.29) is 11.6 Å². The number of fused-ring (bicyclic) bond motifs is 1. The van der Waals surface area contributed by atoms with Gasteiger partial charge in [0.2, 0.25) is 5.91 Å². The van der Waals surface area contributed by atoms with E-state index in [1.54, 1.807) is 0 Å². The van der Waals surface area contributed by atoms with E-state index < -0.39 is 5.97 Å². The van der Waals surface area contributed by atoms with Crippen molar-refractivity contribution in [2.24, 2.45) is 0 Å². The third-order valence-corrected chi connectivity index (χ3v) is 4.31. The van der Waals surface area contributed by atoms with Crippen LogP contribution >= 0.6 is 0 Å². The van der Waals surface area contributed by atoms with Gasteiger partial charge in [-0.3, -0.25) is 4.79 Å². The smallest absolute Gasteiger partial charge is 0.356 e. The minimum Gasteiger partial charge on any atom is -0.464 e. The molecule has 0 aliphatic carbocycles.